The van der Waals surface area contributed by atoms with E-state index >= 15 is 0 Å². The molecule has 0 atom stereocenters. The number of para-hydroxylation sites is 2. The van der Waals surface area contributed by atoms with Crippen LogP contribution in [-0.2, 0) is 19.1 Å². The molecule has 1 aromatic carbocycles. The van der Waals surface area contributed by atoms with Gasteiger partial charge in [0.25, 0.3) is 0 Å². The smallest absolute Gasteiger partial charge is 0.305 e. The number of ether oxygens (including phenoxy) is 4. The fourth-order valence-electron chi connectivity index (χ4n) is 3.21. The number of esters is 2. The summed E-state index contributed by atoms with van der Waals surface area (Å²) < 4.78 is 21.2. The Labute approximate surface area is 187 Å². The van der Waals surface area contributed by atoms with E-state index in [1.807, 2.05) is 24.3 Å². The Morgan fingerprint density at radius 1 is 0.677 bits per heavy atom. The van der Waals surface area contributed by atoms with Crippen LogP contribution in [0.15, 0.2) is 24.3 Å². The monoisotopic (exact) mass is 436 g/mol. The van der Waals surface area contributed by atoms with Gasteiger partial charge in [0.1, 0.15) is 0 Å². The number of carbonyl (C=O) groups is 2. The third kappa shape index (κ3) is 14.4. The SMILES string of the molecule is CCOC(=O)CCCOc1ccccc1OCCCCCCCCCCCC(=O)OC. The van der Waals surface area contributed by atoms with Gasteiger partial charge < -0.3 is 18.9 Å². The zero-order valence-electron chi connectivity index (χ0n) is 19.4. The first-order valence-electron chi connectivity index (χ1n) is 11.7. The average molecular weight is 437 g/mol. The van der Waals surface area contributed by atoms with Crippen molar-refractivity contribution in [1.82, 2.24) is 0 Å². The number of methoxy groups -OCH3 is 1. The first-order valence-corrected chi connectivity index (χ1v) is 11.7. The number of hydrogen-bond donors (Lipinski definition) is 0. The van der Waals surface area contributed by atoms with Crippen molar-refractivity contribution in [1.29, 1.82) is 0 Å². The molecule has 0 saturated heterocycles. The van der Waals surface area contributed by atoms with Crippen LogP contribution in [0.1, 0.15) is 84.0 Å². The summed E-state index contributed by atoms with van der Waals surface area (Å²) in [7, 11) is 1.44. The van der Waals surface area contributed by atoms with Crippen LogP contribution < -0.4 is 9.47 Å². The van der Waals surface area contributed by atoms with Crippen molar-refractivity contribution in [3.63, 3.8) is 0 Å². The summed E-state index contributed by atoms with van der Waals surface area (Å²) in [6.07, 6.45) is 11.9. The summed E-state index contributed by atoms with van der Waals surface area (Å²) in [6, 6.07) is 7.67. The molecular formula is C25H40O6. The van der Waals surface area contributed by atoms with Crippen LogP contribution in [0.5, 0.6) is 11.5 Å². The van der Waals surface area contributed by atoms with E-state index in [0.717, 1.165) is 37.2 Å². The summed E-state index contributed by atoms with van der Waals surface area (Å²) in [5, 5.41) is 0. The minimum atomic E-state index is -0.186. The fraction of sp³-hybridized carbons (Fsp3) is 0.680. The molecule has 0 spiro atoms. The number of unbranched alkanes of at least 4 members (excludes halogenated alkanes) is 8. The van der Waals surface area contributed by atoms with Gasteiger partial charge in [-0.1, -0.05) is 57.1 Å². The van der Waals surface area contributed by atoms with Crippen molar-refractivity contribution >= 4 is 11.9 Å². The Hall–Kier alpha value is -2.24. The van der Waals surface area contributed by atoms with Crippen LogP contribution >= 0.6 is 0 Å². The van der Waals surface area contributed by atoms with E-state index in [2.05, 4.69) is 4.74 Å². The van der Waals surface area contributed by atoms with Gasteiger partial charge >= 0.3 is 11.9 Å². The van der Waals surface area contributed by atoms with Gasteiger partial charge in [0.05, 0.1) is 26.9 Å². The van der Waals surface area contributed by atoms with Crippen LogP contribution in [0.3, 0.4) is 0 Å². The minimum Gasteiger partial charge on any atom is -0.490 e. The van der Waals surface area contributed by atoms with Crippen molar-refractivity contribution < 1.29 is 28.5 Å². The van der Waals surface area contributed by atoms with Crippen LogP contribution in [-0.4, -0.2) is 38.9 Å². The van der Waals surface area contributed by atoms with Crippen LogP contribution in [0.4, 0.5) is 0 Å². The van der Waals surface area contributed by atoms with E-state index in [1.165, 1.54) is 39.2 Å². The molecule has 0 saturated carbocycles. The maximum absolute atomic E-state index is 11.4. The molecule has 0 unspecified atom stereocenters. The van der Waals surface area contributed by atoms with Gasteiger partial charge in [0.15, 0.2) is 11.5 Å². The van der Waals surface area contributed by atoms with Crippen LogP contribution in [0, 0.1) is 0 Å². The zero-order chi connectivity index (χ0) is 22.6. The van der Waals surface area contributed by atoms with Gasteiger partial charge in [0, 0.05) is 12.8 Å². The van der Waals surface area contributed by atoms with Crippen LogP contribution in [0.2, 0.25) is 0 Å². The van der Waals surface area contributed by atoms with E-state index in [1.54, 1.807) is 6.92 Å². The summed E-state index contributed by atoms with van der Waals surface area (Å²) in [6.45, 7) is 3.35. The highest BCUT2D eigenvalue weighted by molar-refractivity contribution is 5.69. The predicted molar refractivity (Wildman–Crippen MR) is 121 cm³/mol. The third-order valence-corrected chi connectivity index (χ3v) is 4.95. The molecule has 0 amide bonds. The van der Waals surface area contributed by atoms with E-state index in [4.69, 9.17) is 14.2 Å². The summed E-state index contributed by atoms with van der Waals surface area (Å²) in [4.78, 5) is 22.4. The van der Waals surface area contributed by atoms with Gasteiger partial charge in [0.2, 0.25) is 0 Å². The third-order valence-electron chi connectivity index (χ3n) is 4.95. The molecule has 6 heteroatoms. The summed E-state index contributed by atoms with van der Waals surface area (Å²) >= 11 is 0. The van der Waals surface area contributed by atoms with Crippen molar-refractivity contribution in [2.75, 3.05) is 26.9 Å². The van der Waals surface area contributed by atoms with Gasteiger partial charge in [-0.3, -0.25) is 9.59 Å². The number of benzene rings is 1. The second-order valence-electron chi connectivity index (χ2n) is 7.56. The molecule has 0 aliphatic heterocycles. The predicted octanol–water partition coefficient (Wildman–Crippen LogP) is 5.86. The molecule has 6 nitrogen and oxygen atoms in total. The van der Waals surface area contributed by atoms with Crippen molar-refractivity contribution in [3.05, 3.63) is 24.3 Å². The second kappa shape index (κ2) is 18.5. The molecule has 31 heavy (non-hydrogen) atoms. The maximum atomic E-state index is 11.4. The first-order chi connectivity index (χ1) is 15.2. The quantitative estimate of drug-likeness (QED) is 0.200. The molecule has 0 aliphatic carbocycles. The normalized spacial score (nSPS) is 10.5. The number of carbonyl (C=O) groups excluding carboxylic acids is 2. The number of hydrogen-bond acceptors (Lipinski definition) is 6. The van der Waals surface area contributed by atoms with Gasteiger partial charge in [-0.05, 0) is 38.3 Å². The lowest BCUT2D eigenvalue weighted by Crippen LogP contribution is -2.07. The lowest BCUT2D eigenvalue weighted by atomic mass is 10.1. The standard InChI is InChI=1S/C25H40O6/c1-3-29-25(27)19-15-21-31-23-17-13-12-16-22(23)30-20-14-10-8-6-4-5-7-9-11-18-24(26)28-2/h12-13,16-17H,3-11,14-15,18-21H2,1-2H3. The minimum absolute atomic E-state index is 0.106. The zero-order valence-corrected chi connectivity index (χ0v) is 19.4. The molecule has 0 aromatic heterocycles. The Bertz CT molecular complexity index is 601. The molecule has 0 N–H and O–H groups in total. The largest absolute Gasteiger partial charge is 0.490 e. The molecule has 0 heterocycles. The van der Waals surface area contributed by atoms with E-state index in [-0.39, 0.29) is 11.9 Å². The Morgan fingerprint density at radius 3 is 1.71 bits per heavy atom. The molecule has 0 bridgehead atoms. The summed E-state index contributed by atoms with van der Waals surface area (Å²) in [5.74, 6) is 1.18. The van der Waals surface area contributed by atoms with Gasteiger partial charge in [-0.15, -0.1) is 0 Å². The van der Waals surface area contributed by atoms with Crippen LogP contribution in [0.25, 0.3) is 0 Å². The first kappa shape index (κ1) is 26.8. The van der Waals surface area contributed by atoms with Crippen molar-refractivity contribution in [2.24, 2.45) is 0 Å². The molecule has 0 radical (unpaired) electrons. The second-order valence-corrected chi connectivity index (χ2v) is 7.56. The fourth-order valence-corrected chi connectivity index (χ4v) is 3.21. The Balaban J connectivity index is 2.03. The lowest BCUT2D eigenvalue weighted by molar-refractivity contribution is -0.143. The van der Waals surface area contributed by atoms with Gasteiger partial charge in [-0.2, -0.15) is 0 Å². The molecule has 1 aromatic rings. The van der Waals surface area contributed by atoms with Crippen molar-refractivity contribution in [3.8, 4) is 11.5 Å². The lowest BCUT2D eigenvalue weighted by Gasteiger charge is -2.12. The highest BCUT2D eigenvalue weighted by atomic mass is 16.5. The molecule has 1 rings (SSSR count). The number of rotatable bonds is 19. The molecule has 0 aliphatic rings. The Kier molecular flexibility index (Phi) is 16.0. The topological polar surface area (TPSA) is 71.1 Å². The van der Waals surface area contributed by atoms with Crippen molar-refractivity contribution in [2.45, 2.75) is 84.0 Å². The molecule has 0 fully saturated rings. The molecule has 176 valence electrons. The highest BCUT2D eigenvalue weighted by Crippen LogP contribution is 2.27. The average Bonchev–Trinajstić information content (AvgIpc) is 2.78. The van der Waals surface area contributed by atoms with E-state index < -0.39 is 0 Å². The van der Waals surface area contributed by atoms with E-state index in [0.29, 0.717) is 39.1 Å². The highest BCUT2D eigenvalue weighted by Gasteiger charge is 2.06. The maximum Gasteiger partial charge on any atom is 0.305 e. The molecular weight excluding hydrogens is 396 g/mol. The van der Waals surface area contributed by atoms with Gasteiger partial charge in [-0.25, -0.2) is 0 Å². The van der Waals surface area contributed by atoms with E-state index in [9.17, 15) is 9.59 Å². The summed E-state index contributed by atoms with van der Waals surface area (Å²) in [5.41, 5.74) is 0. The Morgan fingerprint density at radius 2 is 1.16 bits per heavy atom.